The zero-order valence-electron chi connectivity index (χ0n) is 10.9. The summed E-state index contributed by atoms with van der Waals surface area (Å²) in [5, 5.41) is 4.32. The van der Waals surface area contributed by atoms with Crippen LogP contribution in [0.2, 0.25) is 5.02 Å². The molecule has 1 nitrogen and oxygen atoms in total. The maximum absolute atomic E-state index is 5.99. The summed E-state index contributed by atoms with van der Waals surface area (Å²) in [5.41, 5.74) is 2.83. The predicted molar refractivity (Wildman–Crippen MR) is 80.9 cm³/mol. The second-order valence-electron chi connectivity index (χ2n) is 5.17. The van der Waals surface area contributed by atoms with Crippen LogP contribution in [-0.2, 0) is 0 Å². The number of benzene rings is 2. The third-order valence-electron chi connectivity index (χ3n) is 4.01. The first-order valence-corrected chi connectivity index (χ1v) is 7.23. The summed E-state index contributed by atoms with van der Waals surface area (Å²) < 4.78 is 0. The molecule has 2 unspecified atom stereocenters. The van der Waals surface area contributed by atoms with Gasteiger partial charge in [0, 0.05) is 17.5 Å². The summed E-state index contributed by atoms with van der Waals surface area (Å²) in [7, 11) is 0. The fourth-order valence-corrected chi connectivity index (χ4v) is 3.14. The molecule has 2 heteroatoms. The van der Waals surface area contributed by atoms with Gasteiger partial charge in [0.1, 0.15) is 0 Å². The molecule has 0 aromatic heterocycles. The van der Waals surface area contributed by atoms with Crippen LogP contribution in [0.1, 0.15) is 29.4 Å². The van der Waals surface area contributed by atoms with E-state index in [0.717, 1.165) is 18.1 Å². The zero-order chi connectivity index (χ0) is 13.1. The Bertz CT molecular complexity index is 521. The fourth-order valence-electron chi connectivity index (χ4n) is 3.02. The number of hydrogen-bond acceptors (Lipinski definition) is 1. The second-order valence-corrected chi connectivity index (χ2v) is 5.60. The van der Waals surface area contributed by atoms with Crippen molar-refractivity contribution in [2.75, 3.05) is 13.1 Å². The van der Waals surface area contributed by atoms with Gasteiger partial charge in [0.25, 0.3) is 0 Å². The Labute approximate surface area is 119 Å². The molecular weight excluding hydrogens is 254 g/mol. The van der Waals surface area contributed by atoms with Crippen LogP contribution in [0.15, 0.2) is 54.6 Å². The topological polar surface area (TPSA) is 12.0 Å². The SMILES string of the molecule is Clc1ccc(C2CNCCC2c2ccccc2)cc1. The van der Waals surface area contributed by atoms with E-state index in [1.807, 2.05) is 12.1 Å². The van der Waals surface area contributed by atoms with Crippen LogP contribution < -0.4 is 5.32 Å². The quantitative estimate of drug-likeness (QED) is 0.863. The minimum Gasteiger partial charge on any atom is -0.316 e. The van der Waals surface area contributed by atoms with Crippen LogP contribution in [0, 0.1) is 0 Å². The summed E-state index contributed by atoms with van der Waals surface area (Å²) in [4.78, 5) is 0. The average molecular weight is 272 g/mol. The van der Waals surface area contributed by atoms with Gasteiger partial charge < -0.3 is 5.32 Å². The maximum atomic E-state index is 5.99. The van der Waals surface area contributed by atoms with Gasteiger partial charge in [-0.25, -0.2) is 0 Å². The van der Waals surface area contributed by atoms with E-state index in [2.05, 4.69) is 47.8 Å². The molecule has 1 saturated heterocycles. The molecule has 2 aromatic carbocycles. The summed E-state index contributed by atoms with van der Waals surface area (Å²) >= 11 is 5.99. The zero-order valence-corrected chi connectivity index (χ0v) is 11.6. The molecule has 0 amide bonds. The van der Waals surface area contributed by atoms with Crippen LogP contribution >= 0.6 is 11.6 Å². The van der Waals surface area contributed by atoms with Crippen molar-refractivity contribution in [1.82, 2.24) is 5.32 Å². The molecule has 1 aliphatic rings. The molecule has 0 radical (unpaired) electrons. The van der Waals surface area contributed by atoms with Crippen molar-refractivity contribution in [1.29, 1.82) is 0 Å². The number of rotatable bonds is 2. The molecule has 0 spiro atoms. The minimum atomic E-state index is 0.536. The van der Waals surface area contributed by atoms with Gasteiger partial charge in [0.05, 0.1) is 0 Å². The molecule has 1 fully saturated rings. The van der Waals surface area contributed by atoms with E-state index < -0.39 is 0 Å². The lowest BCUT2D eigenvalue weighted by Crippen LogP contribution is -2.33. The monoisotopic (exact) mass is 271 g/mol. The molecule has 1 N–H and O–H groups in total. The summed E-state index contributed by atoms with van der Waals surface area (Å²) in [5.74, 6) is 1.14. The van der Waals surface area contributed by atoms with E-state index in [0.29, 0.717) is 11.8 Å². The van der Waals surface area contributed by atoms with Crippen molar-refractivity contribution >= 4 is 11.6 Å². The Kier molecular flexibility index (Phi) is 3.86. The molecule has 19 heavy (non-hydrogen) atoms. The largest absolute Gasteiger partial charge is 0.316 e. The molecule has 0 aliphatic carbocycles. The first-order chi connectivity index (χ1) is 9.34. The average Bonchev–Trinajstić information content (AvgIpc) is 2.49. The molecule has 3 rings (SSSR count). The first kappa shape index (κ1) is 12.7. The normalized spacial score (nSPS) is 23.2. The number of piperidine rings is 1. The van der Waals surface area contributed by atoms with E-state index >= 15 is 0 Å². The van der Waals surface area contributed by atoms with Crippen LogP contribution in [-0.4, -0.2) is 13.1 Å². The van der Waals surface area contributed by atoms with Gasteiger partial charge in [0.2, 0.25) is 0 Å². The smallest absolute Gasteiger partial charge is 0.0406 e. The lowest BCUT2D eigenvalue weighted by Gasteiger charge is -2.33. The maximum Gasteiger partial charge on any atom is 0.0406 e. The van der Waals surface area contributed by atoms with Crippen molar-refractivity contribution in [2.24, 2.45) is 0 Å². The Morgan fingerprint density at radius 3 is 2.26 bits per heavy atom. The van der Waals surface area contributed by atoms with Gasteiger partial charge >= 0.3 is 0 Å². The summed E-state index contributed by atoms with van der Waals surface area (Å²) in [6.07, 6.45) is 1.19. The fraction of sp³-hybridized carbons (Fsp3) is 0.294. The Morgan fingerprint density at radius 1 is 0.842 bits per heavy atom. The van der Waals surface area contributed by atoms with Crippen molar-refractivity contribution in [3.05, 3.63) is 70.7 Å². The van der Waals surface area contributed by atoms with E-state index in [1.165, 1.54) is 17.5 Å². The highest BCUT2D eigenvalue weighted by Crippen LogP contribution is 2.37. The van der Waals surface area contributed by atoms with Crippen LogP contribution in [0.4, 0.5) is 0 Å². The molecule has 2 aromatic rings. The van der Waals surface area contributed by atoms with Gasteiger partial charge in [-0.05, 0) is 42.1 Å². The van der Waals surface area contributed by atoms with Crippen LogP contribution in [0.5, 0.6) is 0 Å². The molecule has 0 bridgehead atoms. The minimum absolute atomic E-state index is 0.536. The lowest BCUT2D eigenvalue weighted by molar-refractivity contribution is 0.404. The number of nitrogens with one attached hydrogen (secondary N) is 1. The van der Waals surface area contributed by atoms with Gasteiger partial charge in [-0.3, -0.25) is 0 Å². The van der Waals surface area contributed by atoms with E-state index in [4.69, 9.17) is 11.6 Å². The molecule has 0 saturated carbocycles. The molecule has 98 valence electrons. The highest BCUT2D eigenvalue weighted by atomic mass is 35.5. The van der Waals surface area contributed by atoms with E-state index in [9.17, 15) is 0 Å². The highest BCUT2D eigenvalue weighted by molar-refractivity contribution is 6.30. The summed E-state index contributed by atoms with van der Waals surface area (Å²) in [6.45, 7) is 2.14. The molecule has 2 atom stereocenters. The first-order valence-electron chi connectivity index (χ1n) is 6.86. The van der Waals surface area contributed by atoms with Crippen LogP contribution in [0.25, 0.3) is 0 Å². The number of halogens is 1. The highest BCUT2D eigenvalue weighted by Gasteiger charge is 2.27. The second kappa shape index (κ2) is 5.77. The van der Waals surface area contributed by atoms with Gasteiger partial charge in [-0.15, -0.1) is 0 Å². The van der Waals surface area contributed by atoms with Gasteiger partial charge in [0.15, 0.2) is 0 Å². The Morgan fingerprint density at radius 2 is 1.53 bits per heavy atom. The molecule has 1 heterocycles. The van der Waals surface area contributed by atoms with Crippen molar-refractivity contribution in [3.8, 4) is 0 Å². The van der Waals surface area contributed by atoms with Gasteiger partial charge in [-0.1, -0.05) is 54.1 Å². The predicted octanol–water partition coefficient (Wildman–Crippen LogP) is 4.20. The summed E-state index contributed by atoms with van der Waals surface area (Å²) in [6, 6.07) is 19.2. The Hall–Kier alpha value is -1.31. The van der Waals surface area contributed by atoms with Crippen molar-refractivity contribution < 1.29 is 0 Å². The number of hydrogen-bond donors (Lipinski definition) is 1. The molecular formula is C17H18ClN. The van der Waals surface area contributed by atoms with Crippen molar-refractivity contribution in [2.45, 2.75) is 18.3 Å². The van der Waals surface area contributed by atoms with Crippen LogP contribution in [0.3, 0.4) is 0 Å². The third-order valence-corrected chi connectivity index (χ3v) is 4.26. The van der Waals surface area contributed by atoms with Gasteiger partial charge in [-0.2, -0.15) is 0 Å². The third kappa shape index (κ3) is 2.83. The lowest BCUT2D eigenvalue weighted by atomic mass is 9.77. The standard InChI is InChI=1S/C17H18ClN/c18-15-8-6-14(7-9-15)17-12-19-11-10-16(17)13-4-2-1-3-5-13/h1-9,16-17,19H,10-12H2. The van der Waals surface area contributed by atoms with E-state index in [-0.39, 0.29) is 0 Å². The molecule has 1 aliphatic heterocycles. The van der Waals surface area contributed by atoms with Crippen molar-refractivity contribution in [3.63, 3.8) is 0 Å². The Balaban J connectivity index is 1.91. The van der Waals surface area contributed by atoms with E-state index in [1.54, 1.807) is 0 Å².